The number of aliphatic hydroxyl groups excluding tert-OH is 1. The first-order chi connectivity index (χ1) is 6.29. The van der Waals surface area contributed by atoms with Crippen LogP contribution >= 0.6 is 0 Å². The zero-order chi connectivity index (χ0) is 9.26. The summed E-state index contributed by atoms with van der Waals surface area (Å²) >= 11 is 0. The second-order valence-electron chi connectivity index (χ2n) is 2.69. The highest BCUT2D eigenvalue weighted by atomic mass is 16.5. The lowest BCUT2D eigenvalue weighted by atomic mass is 10.1. The fourth-order valence-electron chi connectivity index (χ4n) is 1.25. The van der Waals surface area contributed by atoms with E-state index >= 15 is 0 Å². The molecule has 1 N–H and O–H groups in total. The fraction of sp³-hybridized carbons (Fsp3) is 0.111. The SMILES string of the molecule is O=COC1=NC2=CCC(O)=CC2=C1. The van der Waals surface area contributed by atoms with Gasteiger partial charge in [0.1, 0.15) is 0 Å². The Hall–Kier alpha value is -1.84. The van der Waals surface area contributed by atoms with Crippen LogP contribution < -0.4 is 0 Å². The minimum atomic E-state index is 0.266. The lowest BCUT2D eigenvalue weighted by Crippen LogP contribution is -1.95. The van der Waals surface area contributed by atoms with Gasteiger partial charge in [0.2, 0.25) is 5.90 Å². The van der Waals surface area contributed by atoms with E-state index in [9.17, 15) is 9.90 Å². The molecule has 0 atom stereocenters. The van der Waals surface area contributed by atoms with Gasteiger partial charge in [0.05, 0.1) is 11.5 Å². The van der Waals surface area contributed by atoms with Gasteiger partial charge < -0.3 is 9.84 Å². The summed E-state index contributed by atoms with van der Waals surface area (Å²) in [6.07, 6.45) is 5.47. The largest absolute Gasteiger partial charge is 0.512 e. The summed E-state index contributed by atoms with van der Waals surface area (Å²) in [5.41, 5.74) is 1.52. The maximum absolute atomic E-state index is 10.0. The standard InChI is InChI=1S/C9H7NO3/c11-5-13-9-4-6-3-7(12)1-2-8(6)10-9/h2-5,12H,1H2. The van der Waals surface area contributed by atoms with E-state index in [-0.39, 0.29) is 11.7 Å². The fourth-order valence-corrected chi connectivity index (χ4v) is 1.25. The van der Waals surface area contributed by atoms with E-state index < -0.39 is 0 Å². The zero-order valence-corrected chi connectivity index (χ0v) is 6.73. The highest BCUT2D eigenvalue weighted by molar-refractivity contribution is 5.97. The number of carbonyl (C=O) groups excluding carboxylic acids is 1. The highest BCUT2D eigenvalue weighted by Gasteiger charge is 2.17. The number of hydrogen-bond donors (Lipinski definition) is 1. The molecular weight excluding hydrogens is 170 g/mol. The van der Waals surface area contributed by atoms with E-state index in [2.05, 4.69) is 9.73 Å². The zero-order valence-electron chi connectivity index (χ0n) is 6.73. The van der Waals surface area contributed by atoms with Crippen molar-refractivity contribution < 1.29 is 14.6 Å². The maximum atomic E-state index is 10.0. The van der Waals surface area contributed by atoms with Gasteiger partial charge in [-0.3, -0.25) is 4.79 Å². The van der Waals surface area contributed by atoms with Gasteiger partial charge >= 0.3 is 0 Å². The molecule has 1 aliphatic carbocycles. The first kappa shape index (κ1) is 7.79. The third kappa shape index (κ3) is 1.38. The van der Waals surface area contributed by atoms with Crippen molar-refractivity contribution in [3.8, 4) is 0 Å². The molecule has 0 spiro atoms. The molecular formula is C9H7NO3. The quantitative estimate of drug-likeness (QED) is 0.613. The summed E-state index contributed by atoms with van der Waals surface area (Å²) < 4.78 is 4.57. The first-order valence-corrected chi connectivity index (χ1v) is 3.80. The van der Waals surface area contributed by atoms with Crippen LogP contribution in [0.4, 0.5) is 0 Å². The van der Waals surface area contributed by atoms with Gasteiger partial charge in [0.25, 0.3) is 6.47 Å². The molecule has 0 unspecified atom stereocenters. The summed E-state index contributed by atoms with van der Waals surface area (Å²) in [5.74, 6) is 0.555. The van der Waals surface area contributed by atoms with E-state index in [1.807, 2.05) is 0 Å². The Kier molecular flexibility index (Phi) is 1.73. The predicted molar refractivity (Wildman–Crippen MR) is 46.1 cm³/mol. The van der Waals surface area contributed by atoms with Crippen molar-refractivity contribution in [2.24, 2.45) is 4.99 Å². The van der Waals surface area contributed by atoms with Crippen LogP contribution in [0, 0.1) is 0 Å². The van der Waals surface area contributed by atoms with Crippen LogP contribution in [-0.4, -0.2) is 17.5 Å². The number of aliphatic hydroxyl groups is 1. The molecule has 0 aromatic rings. The second kappa shape index (κ2) is 2.90. The molecule has 4 heteroatoms. The summed E-state index contributed by atoms with van der Waals surface area (Å²) in [7, 11) is 0. The molecule has 0 radical (unpaired) electrons. The Morgan fingerprint density at radius 3 is 3.15 bits per heavy atom. The highest BCUT2D eigenvalue weighted by Crippen LogP contribution is 2.26. The second-order valence-corrected chi connectivity index (χ2v) is 2.69. The van der Waals surface area contributed by atoms with Crippen LogP contribution in [0.2, 0.25) is 0 Å². The first-order valence-electron chi connectivity index (χ1n) is 3.80. The van der Waals surface area contributed by atoms with Crippen molar-refractivity contribution in [3.63, 3.8) is 0 Å². The molecule has 2 aliphatic rings. The Bertz CT molecular complexity index is 374. The van der Waals surface area contributed by atoms with Gasteiger partial charge in [-0.25, -0.2) is 4.99 Å². The molecule has 0 aromatic carbocycles. The van der Waals surface area contributed by atoms with Crippen LogP contribution in [0.5, 0.6) is 0 Å². The van der Waals surface area contributed by atoms with Crippen LogP contribution in [0.25, 0.3) is 0 Å². The number of rotatable bonds is 1. The van der Waals surface area contributed by atoms with Crippen molar-refractivity contribution in [3.05, 3.63) is 35.3 Å². The smallest absolute Gasteiger partial charge is 0.299 e. The monoisotopic (exact) mass is 177 g/mol. The van der Waals surface area contributed by atoms with Crippen LogP contribution in [0.15, 0.2) is 40.2 Å². The van der Waals surface area contributed by atoms with Gasteiger partial charge in [-0.1, -0.05) is 6.08 Å². The molecule has 0 aromatic heterocycles. The molecule has 0 bridgehead atoms. The summed E-state index contributed by atoms with van der Waals surface area (Å²) in [6, 6.07) is 0. The molecule has 0 saturated carbocycles. The molecule has 2 rings (SSSR count). The molecule has 13 heavy (non-hydrogen) atoms. The lowest BCUT2D eigenvalue weighted by molar-refractivity contribution is -0.121. The van der Waals surface area contributed by atoms with Crippen LogP contribution in [0.3, 0.4) is 0 Å². The van der Waals surface area contributed by atoms with Crippen LogP contribution in [0.1, 0.15) is 6.42 Å². The molecule has 4 nitrogen and oxygen atoms in total. The van der Waals surface area contributed by atoms with E-state index in [0.29, 0.717) is 12.9 Å². The van der Waals surface area contributed by atoms with Crippen molar-refractivity contribution in [2.45, 2.75) is 6.42 Å². The number of fused-ring (bicyclic) bond motifs is 1. The van der Waals surface area contributed by atoms with Gasteiger partial charge in [-0.05, 0) is 6.08 Å². The van der Waals surface area contributed by atoms with Crippen molar-refractivity contribution >= 4 is 12.4 Å². The topological polar surface area (TPSA) is 58.9 Å². The minimum absolute atomic E-state index is 0.266. The molecule has 0 saturated heterocycles. The number of aliphatic imine (C=N–C) groups is 1. The minimum Gasteiger partial charge on any atom is -0.512 e. The predicted octanol–water partition coefficient (Wildman–Crippen LogP) is 1.23. The molecule has 1 heterocycles. The van der Waals surface area contributed by atoms with Gasteiger partial charge in [-0.15, -0.1) is 0 Å². The Labute approximate surface area is 74.5 Å². The third-order valence-electron chi connectivity index (χ3n) is 1.80. The van der Waals surface area contributed by atoms with Crippen LogP contribution in [-0.2, 0) is 9.53 Å². The number of ether oxygens (including phenoxy) is 1. The maximum Gasteiger partial charge on any atom is 0.299 e. The van der Waals surface area contributed by atoms with Crippen molar-refractivity contribution in [2.75, 3.05) is 0 Å². The molecule has 1 aliphatic heterocycles. The normalized spacial score (nSPS) is 19.4. The van der Waals surface area contributed by atoms with Gasteiger partial charge in [-0.2, -0.15) is 0 Å². The molecule has 0 amide bonds. The molecule has 66 valence electrons. The van der Waals surface area contributed by atoms with Crippen molar-refractivity contribution in [1.82, 2.24) is 0 Å². The number of nitrogens with zero attached hydrogens (tertiary/aromatic N) is 1. The Morgan fingerprint density at radius 1 is 1.54 bits per heavy atom. The Balaban J connectivity index is 2.28. The van der Waals surface area contributed by atoms with Crippen molar-refractivity contribution in [1.29, 1.82) is 0 Å². The molecule has 0 fully saturated rings. The van der Waals surface area contributed by atoms with Gasteiger partial charge in [0, 0.05) is 18.1 Å². The number of carbonyl (C=O) groups is 1. The van der Waals surface area contributed by atoms with E-state index in [0.717, 1.165) is 11.3 Å². The van der Waals surface area contributed by atoms with Gasteiger partial charge in [0.15, 0.2) is 0 Å². The average molecular weight is 177 g/mol. The number of allylic oxidation sites excluding steroid dienone is 2. The summed E-state index contributed by atoms with van der Waals surface area (Å²) in [4.78, 5) is 14.0. The third-order valence-corrected chi connectivity index (χ3v) is 1.80. The number of hydrogen-bond acceptors (Lipinski definition) is 4. The lowest BCUT2D eigenvalue weighted by Gasteiger charge is -2.04. The Morgan fingerprint density at radius 2 is 2.38 bits per heavy atom. The summed E-state index contributed by atoms with van der Waals surface area (Å²) in [6.45, 7) is 0.331. The summed E-state index contributed by atoms with van der Waals surface area (Å²) in [5, 5.41) is 9.19. The van der Waals surface area contributed by atoms with E-state index in [1.54, 1.807) is 18.2 Å². The van der Waals surface area contributed by atoms with E-state index in [4.69, 9.17) is 0 Å². The van der Waals surface area contributed by atoms with E-state index in [1.165, 1.54) is 0 Å². The average Bonchev–Trinajstić information content (AvgIpc) is 2.46.